The van der Waals surface area contributed by atoms with E-state index < -0.39 is 0 Å². The smallest absolute Gasteiger partial charge is 0.323 e. The van der Waals surface area contributed by atoms with Gasteiger partial charge in [0.15, 0.2) is 5.82 Å². The number of aliphatic hydroxyl groups excluding tert-OH is 1. The molecular weight excluding hydrogens is 292 g/mol. The summed E-state index contributed by atoms with van der Waals surface area (Å²) in [6, 6.07) is 9.79. The highest BCUT2D eigenvalue weighted by Crippen LogP contribution is 2.19. The van der Waals surface area contributed by atoms with Gasteiger partial charge in [0.1, 0.15) is 0 Å². The van der Waals surface area contributed by atoms with Crippen molar-refractivity contribution < 1.29 is 9.90 Å². The third-order valence-electron chi connectivity index (χ3n) is 4.23. The molecule has 1 saturated heterocycles. The van der Waals surface area contributed by atoms with Gasteiger partial charge < -0.3 is 10.0 Å². The van der Waals surface area contributed by atoms with Crippen LogP contribution >= 0.6 is 0 Å². The van der Waals surface area contributed by atoms with Crippen LogP contribution in [0.3, 0.4) is 0 Å². The Hall–Kier alpha value is -2.34. The summed E-state index contributed by atoms with van der Waals surface area (Å²) in [6.45, 7) is 5.40. The molecule has 2 heterocycles. The molecule has 1 fully saturated rings. The van der Waals surface area contributed by atoms with Gasteiger partial charge in [-0.3, -0.25) is 5.32 Å². The van der Waals surface area contributed by atoms with E-state index >= 15 is 0 Å². The molecular formula is C17H22N4O2. The zero-order valence-corrected chi connectivity index (χ0v) is 13.5. The third kappa shape index (κ3) is 3.37. The molecule has 6 nitrogen and oxygen atoms in total. The van der Waals surface area contributed by atoms with Gasteiger partial charge in [0.2, 0.25) is 0 Å². The van der Waals surface area contributed by atoms with Crippen molar-refractivity contribution in [2.75, 3.05) is 25.0 Å². The maximum absolute atomic E-state index is 12.3. The molecule has 6 heteroatoms. The fourth-order valence-electron chi connectivity index (χ4n) is 2.84. The van der Waals surface area contributed by atoms with Crippen molar-refractivity contribution in [3.63, 3.8) is 0 Å². The molecule has 3 rings (SSSR count). The number of nitrogens with one attached hydrogen (secondary N) is 1. The minimum atomic E-state index is -0.158. The Bertz CT molecular complexity index is 693. The molecule has 2 N–H and O–H groups in total. The first kappa shape index (κ1) is 15.6. The van der Waals surface area contributed by atoms with Gasteiger partial charge in [-0.25, -0.2) is 9.48 Å². The third-order valence-corrected chi connectivity index (χ3v) is 4.23. The number of hydrogen-bond acceptors (Lipinski definition) is 3. The average molecular weight is 314 g/mol. The minimum absolute atomic E-state index is 0.130. The van der Waals surface area contributed by atoms with Gasteiger partial charge >= 0.3 is 6.03 Å². The summed E-state index contributed by atoms with van der Waals surface area (Å²) in [4.78, 5) is 14.0. The van der Waals surface area contributed by atoms with Gasteiger partial charge in [-0.2, -0.15) is 0 Å². The monoisotopic (exact) mass is 314 g/mol. The highest BCUT2D eigenvalue weighted by Gasteiger charge is 2.26. The van der Waals surface area contributed by atoms with Crippen LogP contribution in [0, 0.1) is 19.8 Å². The Morgan fingerprint density at radius 3 is 2.74 bits per heavy atom. The molecule has 23 heavy (non-hydrogen) atoms. The standard InChI is InChI=1S/C17H22N4O2/c1-12-3-5-15(6-4-12)21-13(2)9-16(19-21)18-17(23)20-8-7-14(10-20)11-22/h3-6,9,14,22H,7-8,10-11H2,1-2H3,(H,18,19,23)/t14-/m0/s1. The van der Waals surface area contributed by atoms with Crippen LogP contribution in [-0.2, 0) is 0 Å². The molecule has 0 spiro atoms. The minimum Gasteiger partial charge on any atom is -0.396 e. The summed E-state index contributed by atoms with van der Waals surface area (Å²) in [5, 5.41) is 16.5. The van der Waals surface area contributed by atoms with Crippen LogP contribution in [0.25, 0.3) is 5.69 Å². The Labute approximate surface area is 135 Å². The number of urea groups is 1. The van der Waals surface area contributed by atoms with Crippen LogP contribution < -0.4 is 5.32 Å². The number of aryl methyl sites for hydroxylation is 2. The number of nitrogens with zero attached hydrogens (tertiary/aromatic N) is 3. The lowest BCUT2D eigenvalue weighted by molar-refractivity contribution is 0.208. The van der Waals surface area contributed by atoms with E-state index in [0.717, 1.165) is 17.8 Å². The normalized spacial score (nSPS) is 17.5. The van der Waals surface area contributed by atoms with Gasteiger partial charge in [-0.15, -0.1) is 5.10 Å². The molecule has 122 valence electrons. The van der Waals surface area contributed by atoms with E-state index in [1.165, 1.54) is 5.56 Å². The Morgan fingerprint density at radius 2 is 2.09 bits per heavy atom. The summed E-state index contributed by atoms with van der Waals surface area (Å²) in [6.07, 6.45) is 0.848. The highest BCUT2D eigenvalue weighted by molar-refractivity contribution is 5.88. The maximum Gasteiger partial charge on any atom is 0.323 e. The molecule has 1 aliphatic rings. The lowest BCUT2D eigenvalue weighted by Crippen LogP contribution is -2.33. The van der Waals surface area contributed by atoms with Crippen LogP contribution in [0.4, 0.5) is 10.6 Å². The first-order valence-electron chi connectivity index (χ1n) is 7.87. The van der Waals surface area contributed by atoms with E-state index in [1.807, 2.05) is 48.9 Å². The van der Waals surface area contributed by atoms with E-state index in [0.29, 0.717) is 18.9 Å². The number of likely N-dealkylation sites (tertiary alicyclic amines) is 1. The molecule has 1 aromatic carbocycles. The topological polar surface area (TPSA) is 70.4 Å². The average Bonchev–Trinajstić information content (AvgIpc) is 3.15. The van der Waals surface area contributed by atoms with Gasteiger partial charge in [0.25, 0.3) is 0 Å². The zero-order valence-electron chi connectivity index (χ0n) is 13.5. The molecule has 0 radical (unpaired) electrons. The Kier molecular flexibility index (Phi) is 4.34. The van der Waals surface area contributed by atoms with Crippen LogP contribution in [0.2, 0.25) is 0 Å². The SMILES string of the molecule is Cc1ccc(-n2nc(NC(=O)N3CC[C@H](CO)C3)cc2C)cc1. The summed E-state index contributed by atoms with van der Waals surface area (Å²) in [7, 11) is 0. The number of aromatic nitrogens is 2. The predicted octanol–water partition coefficient (Wildman–Crippen LogP) is 2.34. The van der Waals surface area contributed by atoms with Gasteiger partial charge in [-0.05, 0) is 32.4 Å². The first-order chi connectivity index (χ1) is 11.1. The summed E-state index contributed by atoms with van der Waals surface area (Å²) < 4.78 is 1.82. The van der Waals surface area contributed by atoms with Crippen molar-refractivity contribution >= 4 is 11.8 Å². The van der Waals surface area contributed by atoms with Crippen molar-refractivity contribution in [2.24, 2.45) is 5.92 Å². The number of carbonyl (C=O) groups excluding carboxylic acids is 1. The van der Waals surface area contributed by atoms with Crippen molar-refractivity contribution in [3.05, 3.63) is 41.6 Å². The fraction of sp³-hybridized carbons (Fsp3) is 0.412. The number of amides is 2. The fourth-order valence-corrected chi connectivity index (χ4v) is 2.84. The highest BCUT2D eigenvalue weighted by atomic mass is 16.3. The van der Waals surface area contributed by atoms with Crippen molar-refractivity contribution in [1.29, 1.82) is 0 Å². The van der Waals surface area contributed by atoms with Crippen LogP contribution in [0.1, 0.15) is 17.7 Å². The second kappa shape index (κ2) is 6.42. The first-order valence-corrected chi connectivity index (χ1v) is 7.87. The summed E-state index contributed by atoms with van der Waals surface area (Å²) in [5.41, 5.74) is 3.12. The van der Waals surface area contributed by atoms with Crippen LogP contribution in [-0.4, -0.2) is 45.5 Å². The molecule has 0 saturated carbocycles. The van der Waals surface area contributed by atoms with Gasteiger partial charge in [0, 0.05) is 37.4 Å². The summed E-state index contributed by atoms with van der Waals surface area (Å²) >= 11 is 0. The number of anilines is 1. The van der Waals surface area contributed by atoms with E-state index in [2.05, 4.69) is 10.4 Å². The molecule has 0 bridgehead atoms. The van der Waals surface area contributed by atoms with Gasteiger partial charge in [-0.1, -0.05) is 17.7 Å². The molecule has 2 aromatic rings. The van der Waals surface area contributed by atoms with Crippen molar-refractivity contribution in [1.82, 2.24) is 14.7 Å². The Morgan fingerprint density at radius 1 is 1.35 bits per heavy atom. The number of carbonyl (C=O) groups is 1. The molecule has 2 amide bonds. The lowest BCUT2D eigenvalue weighted by atomic mass is 10.1. The van der Waals surface area contributed by atoms with Crippen molar-refractivity contribution in [3.8, 4) is 5.69 Å². The number of rotatable bonds is 3. The maximum atomic E-state index is 12.3. The molecule has 0 aliphatic carbocycles. The predicted molar refractivity (Wildman–Crippen MR) is 88.8 cm³/mol. The Balaban J connectivity index is 1.71. The van der Waals surface area contributed by atoms with E-state index in [9.17, 15) is 4.79 Å². The van der Waals surface area contributed by atoms with E-state index in [-0.39, 0.29) is 18.6 Å². The number of hydrogen-bond donors (Lipinski definition) is 2. The number of benzene rings is 1. The quantitative estimate of drug-likeness (QED) is 0.913. The number of aliphatic hydroxyl groups is 1. The van der Waals surface area contributed by atoms with Gasteiger partial charge in [0.05, 0.1) is 5.69 Å². The molecule has 1 aromatic heterocycles. The van der Waals surface area contributed by atoms with Crippen LogP contribution in [0.5, 0.6) is 0 Å². The lowest BCUT2D eigenvalue weighted by Gasteiger charge is -2.15. The largest absolute Gasteiger partial charge is 0.396 e. The molecule has 0 unspecified atom stereocenters. The summed E-state index contributed by atoms with van der Waals surface area (Å²) in [5.74, 6) is 0.730. The van der Waals surface area contributed by atoms with E-state index in [4.69, 9.17) is 5.11 Å². The van der Waals surface area contributed by atoms with Crippen molar-refractivity contribution in [2.45, 2.75) is 20.3 Å². The van der Waals surface area contributed by atoms with Crippen LogP contribution in [0.15, 0.2) is 30.3 Å². The zero-order chi connectivity index (χ0) is 16.4. The molecule has 1 aliphatic heterocycles. The van der Waals surface area contributed by atoms with E-state index in [1.54, 1.807) is 4.90 Å². The second-order valence-electron chi connectivity index (χ2n) is 6.13. The molecule has 1 atom stereocenters. The second-order valence-corrected chi connectivity index (χ2v) is 6.13.